The Morgan fingerprint density at radius 2 is 1.82 bits per heavy atom. The van der Waals surface area contributed by atoms with E-state index in [4.69, 9.17) is 11.6 Å². The van der Waals surface area contributed by atoms with E-state index in [1.165, 1.54) is 6.42 Å². The maximum atomic E-state index is 11.4. The van der Waals surface area contributed by atoms with Gasteiger partial charge in [-0.05, 0) is 48.8 Å². The van der Waals surface area contributed by atoms with Crippen molar-refractivity contribution in [3.8, 4) is 0 Å². The third-order valence-electron chi connectivity index (χ3n) is 4.46. The Kier molecular flexibility index (Phi) is 2.62. The molecule has 0 aromatic heterocycles. The summed E-state index contributed by atoms with van der Waals surface area (Å²) in [7, 11) is 0. The molecule has 17 heavy (non-hydrogen) atoms. The number of hydrogen-bond acceptors (Lipinski definition) is 1. The fourth-order valence-corrected chi connectivity index (χ4v) is 3.94. The van der Waals surface area contributed by atoms with Crippen LogP contribution < -0.4 is 0 Å². The molecule has 2 bridgehead atoms. The predicted molar refractivity (Wildman–Crippen MR) is 66.1 cm³/mol. The fourth-order valence-electron chi connectivity index (χ4n) is 3.81. The van der Waals surface area contributed by atoms with Crippen molar-refractivity contribution in [3.63, 3.8) is 0 Å². The van der Waals surface area contributed by atoms with Crippen LogP contribution in [-0.4, -0.2) is 11.1 Å². The van der Waals surface area contributed by atoms with E-state index in [-0.39, 0.29) is 11.8 Å². The molecule has 2 aliphatic carbocycles. The van der Waals surface area contributed by atoms with E-state index >= 15 is 0 Å². The topological polar surface area (TPSA) is 37.3 Å². The van der Waals surface area contributed by atoms with Gasteiger partial charge in [-0.15, -0.1) is 0 Å². The minimum absolute atomic E-state index is 0.185. The highest BCUT2D eigenvalue weighted by atomic mass is 35.5. The lowest BCUT2D eigenvalue weighted by Gasteiger charge is -2.28. The molecule has 2 aliphatic rings. The normalized spacial score (nSPS) is 35.1. The molecule has 2 saturated carbocycles. The molecule has 0 unspecified atom stereocenters. The lowest BCUT2D eigenvalue weighted by atomic mass is 9.75. The number of fused-ring (bicyclic) bond motifs is 2. The molecule has 0 heterocycles. The molecule has 2 fully saturated rings. The minimum atomic E-state index is -0.628. The van der Waals surface area contributed by atoms with E-state index in [0.29, 0.717) is 16.9 Å². The van der Waals surface area contributed by atoms with Crippen molar-refractivity contribution in [2.45, 2.75) is 25.2 Å². The van der Waals surface area contributed by atoms with Gasteiger partial charge < -0.3 is 5.11 Å². The molecular formula is C14H15ClO2. The van der Waals surface area contributed by atoms with Crippen LogP contribution in [0.5, 0.6) is 0 Å². The zero-order chi connectivity index (χ0) is 12.0. The number of rotatable bonds is 2. The molecule has 0 amide bonds. The van der Waals surface area contributed by atoms with Crippen molar-refractivity contribution in [3.05, 3.63) is 34.9 Å². The van der Waals surface area contributed by atoms with Gasteiger partial charge in [0.2, 0.25) is 0 Å². The molecule has 3 rings (SSSR count). The van der Waals surface area contributed by atoms with Gasteiger partial charge in [0.1, 0.15) is 0 Å². The highest BCUT2D eigenvalue weighted by Crippen LogP contribution is 2.56. The van der Waals surface area contributed by atoms with E-state index in [1.807, 2.05) is 24.3 Å². The maximum Gasteiger partial charge on any atom is 0.307 e. The van der Waals surface area contributed by atoms with Crippen LogP contribution in [-0.2, 0) is 4.79 Å². The monoisotopic (exact) mass is 250 g/mol. The predicted octanol–water partition coefficient (Wildman–Crippen LogP) is 3.55. The van der Waals surface area contributed by atoms with Gasteiger partial charge in [-0.2, -0.15) is 0 Å². The van der Waals surface area contributed by atoms with Crippen LogP contribution in [0.15, 0.2) is 24.3 Å². The Bertz CT molecular complexity index is 440. The molecule has 4 atom stereocenters. The van der Waals surface area contributed by atoms with Crippen molar-refractivity contribution in [2.75, 3.05) is 0 Å². The molecule has 0 radical (unpaired) electrons. The summed E-state index contributed by atoms with van der Waals surface area (Å²) in [5.74, 6) is 0.330. The zero-order valence-corrected chi connectivity index (χ0v) is 10.2. The first kappa shape index (κ1) is 11.1. The molecule has 90 valence electrons. The third kappa shape index (κ3) is 1.75. The average molecular weight is 251 g/mol. The molecule has 2 nitrogen and oxygen atoms in total. The van der Waals surface area contributed by atoms with Crippen LogP contribution >= 0.6 is 11.6 Å². The quantitative estimate of drug-likeness (QED) is 0.872. The fraction of sp³-hybridized carbons (Fsp3) is 0.500. The molecule has 0 aliphatic heterocycles. The van der Waals surface area contributed by atoms with Crippen LogP contribution in [0.3, 0.4) is 0 Å². The van der Waals surface area contributed by atoms with Crippen LogP contribution in [0.2, 0.25) is 5.02 Å². The standard InChI is InChI=1S/C14H15ClO2/c15-11-5-3-8(4-6-11)12-9-1-2-10(7-9)13(12)14(16)17/h3-6,9-10,12-13H,1-2,7H2,(H,16,17)/t9-,10+,12+,13+/m0/s1. The van der Waals surface area contributed by atoms with Crippen molar-refractivity contribution in [2.24, 2.45) is 17.8 Å². The lowest BCUT2D eigenvalue weighted by Crippen LogP contribution is -2.27. The summed E-state index contributed by atoms with van der Waals surface area (Å²) < 4.78 is 0. The van der Waals surface area contributed by atoms with Gasteiger partial charge >= 0.3 is 5.97 Å². The third-order valence-corrected chi connectivity index (χ3v) is 4.71. The van der Waals surface area contributed by atoms with Gasteiger partial charge in [-0.3, -0.25) is 4.79 Å². The Labute approximate surface area is 106 Å². The summed E-state index contributed by atoms with van der Waals surface area (Å²) in [6.45, 7) is 0. The van der Waals surface area contributed by atoms with E-state index in [0.717, 1.165) is 18.4 Å². The summed E-state index contributed by atoms with van der Waals surface area (Å²) in [6, 6.07) is 7.71. The van der Waals surface area contributed by atoms with Crippen LogP contribution in [0.25, 0.3) is 0 Å². The molecule has 1 aromatic carbocycles. The molecule has 0 spiro atoms. The Morgan fingerprint density at radius 3 is 2.47 bits per heavy atom. The minimum Gasteiger partial charge on any atom is -0.481 e. The average Bonchev–Trinajstić information content (AvgIpc) is 2.89. The van der Waals surface area contributed by atoms with E-state index < -0.39 is 5.97 Å². The van der Waals surface area contributed by atoms with E-state index in [2.05, 4.69) is 0 Å². The second-order valence-electron chi connectivity index (χ2n) is 5.27. The van der Waals surface area contributed by atoms with Gasteiger partial charge in [0.05, 0.1) is 5.92 Å². The summed E-state index contributed by atoms with van der Waals surface area (Å²) >= 11 is 5.88. The van der Waals surface area contributed by atoms with Gasteiger partial charge in [0.15, 0.2) is 0 Å². The summed E-state index contributed by atoms with van der Waals surface area (Å²) in [6.07, 6.45) is 3.36. The van der Waals surface area contributed by atoms with Gasteiger partial charge in [0.25, 0.3) is 0 Å². The number of carboxylic acids is 1. The maximum absolute atomic E-state index is 11.4. The molecule has 3 heteroatoms. The van der Waals surface area contributed by atoms with Crippen LogP contribution in [0, 0.1) is 17.8 Å². The highest BCUT2D eigenvalue weighted by Gasteiger charge is 2.51. The van der Waals surface area contributed by atoms with Gasteiger partial charge in [0, 0.05) is 10.9 Å². The lowest BCUT2D eigenvalue weighted by molar-refractivity contribution is -0.144. The SMILES string of the molecule is O=C(O)[C@@H]1[C@@H]2CC[C@@H](C2)[C@H]1c1ccc(Cl)cc1. The van der Waals surface area contributed by atoms with E-state index in [1.54, 1.807) is 0 Å². The molecule has 1 N–H and O–H groups in total. The van der Waals surface area contributed by atoms with E-state index in [9.17, 15) is 9.90 Å². The number of hydrogen-bond donors (Lipinski definition) is 1. The summed E-state index contributed by atoms with van der Waals surface area (Å²) in [5.41, 5.74) is 1.15. The summed E-state index contributed by atoms with van der Waals surface area (Å²) in [5, 5.41) is 10.1. The number of carboxylic acid groups (broad SMARTS) is 1. The number of halogens is 1. The van der Waals surface area contributed by atoms with Gasteiger partial charge in [-0.25, -0.2) is 0 Å². The smallest absolute Gasteiger partial charge is 0.307 e. The first-order valence-electron chi connectivity index (χ1n) is 6.15. The molecule has 0 saturated heterocycles. The summed E-state index contributed by atoms with van der Waals surface area (Å²) in [4.78, 5) is 11.4. The number of aliphatic carboxylic acids is 1. The number of benzene rings is 1. The van der Waals surface area contributed by atoms with Crippen molar-refractivity contribution < 1.29 is 9.90 Å². The van der Waals surface area contributed by atoms with Crippen molar-refractivity contribution in [1.29, 1.82) is 0 Å². The Balaban J connectivity index is 1.95. The zero-order valence-electron chi connectivity index (χ0n) is 9.47. The van der Waals surface area contributed by atoms with Crippen molar-refractivity contribution >= 4 is 17.6 Å². The first-order valence-corrected chi connectivity index (χ1v) is 6.53. The first-order chi connectivity index (χ1) is 8.16. The second-order valence-corrected chi connectivity index (χ2v) is 5.71. The van der Waals surface area contributed by atoms with Crippen molar-refractivity contribution in [1.82, 2.24) is 0 Å². The largest absolute Gasteiger partial charge is 0.481 e. The van der Waals surface area contributed by atoms with Gasteiger partial charge in [-0.1, -0.05) is 23.7 Å². The Hall–Kier alpha value is -1.02. The molecule has 1 aromatic rings. The second kappa shape index (κ2) is 4.02. The van der Waals surface area contributed by atoms with Crippen LogP contribution in [0.1, 0.15) is 30.7 Å². The Morgan fingerprint density at radius 1 is 1.18 bits per heavy atom. The molecular weight excluding hydrogens is 236 g/mol. The van der Waals surface area contributed by atoms with Crippen LogP contribution in [0.4, 0.5) is 0 Å². The highest BCUT2D eigenvalue weighted by molar-refractivity contribution is 6.30. The number of carbonyl (C=O) groups is 1.